The van der Waals surface area contributed by atoms with Crippen molar-refractivity contribution in [3.05, 3.63) is 23.9 Å². The van der Waals surface area contributed by atoms with Crippen LogP contribution in [0.25, 0.3) is 0 Å². The van der Waals surface area contributed by atoms with Gasteiger partial charge in [0.05, 0.1) is 6.54 Å². The highest BCUT2D eigenvalue weighted by molar-refractivity contribution is 14.0. The third-order valence-corrected chi connectivity index (χ3v) is 7.47. The second-order valence-corrected chi connectivity index (χ2v) is 9.77. The molecule has 0 saturated carbocycles. The van der Waals surface area contributed by atoms with E-state index in [-0.39, 0.29) is 35.8 Å². The number of pyridine rings is 1. The van der Waals surface area contributed by atoms with E-state index in [1.54, 1.807) is 0 Å². The maximum atomic E-state index is 11.5. The van der Waals surface area contributed by atoms with Crippen molar-refractivity contribution in [3.8, 4) is 0 Å². The Morgan fingerprint density at radius 1 is 1.35 bits per heavy atom. The third-order valence-electron chi connectivity index (χ3n) is 5.93. The van der Waals surface area contributed by atoms with Gasteiger partial charge in [0, 0.05) is 61.4 Å². The Labute approximate surface area is 208 Å². The molecule has 7 nitrogen and oxygen atoms in total. The molecule has 1 amide bonds. The topological polar surface area (TPSA) is 86.9 Å². The SMILES string of the molecule is CCNC(=NCc1cccnc1N1CCC(C(N)=O)CC1)N1CCSC(C(C)C)C1.I. The predicted molar refractivity (Wildman–Crippen MR) is 141 cm³/mol. The first-order chi connectivity index (χ1) is 14.5. The van der Waals surface area contributed by atoms with Crippen LogP contribution in [0.15, 0.2) is 23.3 Å². The van der Waals surface area contributed by atoms with E-state index >= 15 is 0 Å². The number of primary amides is 1. The second kappa shape index (κ2) is 12.7. The van der Waals surface area contributed by atoms with Gasteiger partial charge in [0.25, 0.3) is 0 Å². The number of carbonyl (C=O) groups excluding carboxylic acids is 1. The zero-order chi connectivity index (χ0) is 21.5. The van der Waals surface area contributed by atoms with Crippen molar-refractivity contribution in [2.75, 3.05) is 43.4 Å². The lowest BCUT2D eigenvalue weighted by molar-refractivity contribution is -0.122. The van der Waals surface area contributed by atoms with Gasteiger partial charge in [-0.05, 0) is 31.7 Å². The van der Waals surface area contributed by atoms with Gasteiger partial charge in [-0.2, -0.15) is 11.8 Å². The first-order valence-corrected chi connectivity index (χ1v) is 12.2. The van der Waals surface area contributed by atoms with Gasteiger partial charge >= 0.3 is 0 Å². The van der Waals surface area contributed by atoms with Gasteiger partial charge in [0.1, 0.15) is 5.82 Å². The number of nitrogens with two attached hydrogens (primary N) is 1. The van der Waals surface area contributed by atoms with Gasteiger partial charge < -0.3 is 20.9 Å². The zero-order valence-corrected chi connectivity index (χ0v) is 22.1. The van der Waals surface area contributed by atoms with E-state index in [9.17, 15) is 4.79 Å². The molecular formula is C22H37IN6OS. The lowest BCUT2D eigenvalue weighted by Gasteiger charge is -2.36. The van der Waals surface area contributed by atoms with Crippen molar-refractivity contribution in [3.63, 3.8) is 0 Å². The van der Waals surface area contributed by atoms with E-state index in [2.05, 4.69) is 58.7 Å². The van der Waals surface area contributed by atoms with Gasteiger partial charge in [0.2, 0.25) is 5.91 Å². The molecule has 0 radical (unpaired) electrons. The molecule has 2 aliphatic rings. The highest BCUT2D eigenvalue weighted by Crippen LogP contribution is 2.26. The molecule has 1 aromatic heterocycles. The Kier molecular flexibility index (Phi) is 10.7. The van der Waals surface area contributed by atoms with Crippen LogP contribution in [0.2, 0.25) is 0 Å². The quantitative estimate of drug-likeness (QED) is 0.316. The van der Waals surface area contributed by atoms with Crippen LogP contribution in [-0.4, -0.2) is 65.5 Å². The average molecular weight is 561 g/mol. The van der Waals surface area contributed by atoms with E-state index in [0.717, 1.165) is 68.7 Å². The Hall–Kier alpha value is -1.23. The number of thioether (sulfide) groups is 1. The number of rotatable bonds is 6. The van der Waals surface area contributed by atoms with E-state index < -0.39 is 0 Å². The van der Waals surface area contributed by atoms with Crippen LogP contribution in [-0.2, 0) is 11.3 Å². The number of hydrogen-bond acceptors (Lipinski definition) is 5. The summed E-state index contributed by atoms with van der Waals surface area (Å²) >= 11 is 2.07. The molecule has 0 spiro atoms. The number of halogens is 1. The molecule has 0 aromatic carbocycles. The first-order valence-electron chi connectivity index (χ1n) is 11.1. The molecule has 2 saturated heterocycles. The molecule has 2 aliphatic heterocycles. The highest BCUT2D eigenvalue weighted by atomic mass is 127. The summed E-state index contributed by atoms with van der Waals surface area (Å²) in [4.78, 5) is 25.8. The van der Waals surface area contributed by atoms with Crippen LogP contribution in [0, 0.1) is 11.8 Å². The number of hydrogen-bond donors (Lipinski definition) is 2. The molecular weight excluding hydrogens is 523 g/mol. The fourth-order valence-corrected chi connectivity index (χ4v) is 5.37. The van der Waals surface area contributed by atoms with Crippen LogP contribution >= 0.6 is 35.7 Å². The van der Waals surface area contributed by atoms with Crippen molar-refractivity contribution >= 4 is 53.4 Å². The molecule has 1 aromatic rings. The van der Waals surface area contributed by atoms with Crippen molar-refractivity contribution in [1.82, 2.24) is 15.2 Å². The van der Waals surface area contributed by atoms with Crippen molar-refractivity contribution in [1.29, 1.82) is 0 Å². The normalized spacial score (nSPS) is 20.5. The largest absolute Gasteiger partial charge is 0.369 e. The van der Waals surface area contributed by atoms with Gasteiger partial charge in [-0.15, -0.1) is 24.0 Å². The number of aromatic nitrogens is 1. The Balaban J connectivity index is 0.00000341. The minimum absolute atomic E-state index is 0. The minimum atomic E-state index is -0.185. The molecule has 0 bridgehead atoms. The molecule has 3 rings (SSSR count). The lowest BCUT2D eigenvalue weighted by atomic mass is 9.96. The number of guanidine groups is 1. The van der Waals surface area contributed by atoms with Crippen molar-refractivity contribution in [2.24, 2.45) is 22.6 Å². The predicted octanol–water partition coefficient (Wildman–Crippen LogP) is 2.94. The van der Waals surface area contributed by atoms with Crippen LogP contribution in [0.1, 0.15) is 39.2 Å². The standard InChI is InChI=1S/C22H36N6OS.HI/c1-4-24-22(28-12-13-30-19(15-28)16(2)3)26-14-18-6-5-9-25-21(18)27-10-7-17(8-11-27)20(23)29;/h5-6,9,16-17,19H,4,7-8,10-15H2,1-3H3,(H2,23,29)(H,24,26);1H. The Morgan fingerprint density at radius 2 is 2.10 bits per heavy atom. The van der Waals surface area contributed by atoms with Crippen LogP contribution in [0.5, 0.6) is 0 Å². The molecule has 31 heavy (non-hydrogen) atoms. The summed E-state index contributed by atoms with van der Waals surface area (Å²) in [5, 5.41) is 4.12. The molecule has 3 heterocycles. The smallest absolute Gasteiger partial charge is 0.220 e. The van der Waals surface area contributed by atoms with E-state index in [0.29, 0.717) is 17.7 Å². The van der Waals surface area contributed by atoms with Crippen molar-refractivity contribution in [2.45, 2.75) is 45.4 Å². The second-order valence-electron chi connectivity index (χ2n) is 8.42. The maximum absolute atomic E-state index is 11.5. The molecule has 1 unspecified atom stereocenters. The average Bonchev–Trinajstić information content (AvgIpc) is 2.77. The molecule has 174 valence electrons. The number of piperidine rings is 1. The molecule has 1 atom stereocenters. The number of amides is 1. The zero-order valence-electron chi connectivity index (χ0n) is 18.9. The summed E-state index contributed by atoms with van der Waals surface area (Å²) in [6.07, 6.45) is 3.42. The molecule has 9 heteroatoms. The minimum Gasteiger partial charge on any atom is -0.369 e. The highest BCUT2D eigenvalue weighted by Gasteiger charge is 2.26. The van der Waals surface area contributed by atoms with Gasteiger partial charge in [-0.3, -0.25) is 4.79 Å². The number of carbonyl (C=O) groups is 1. The number of nitrogens with one attached hydrogen (secondary N) is 1. The maximum Gasteiger partial charge on any atom is 0.220 e. The molecule has 0 aliphatic carbocycles. The number of aliphatic imine (C=N–C) groups is 1. The molecule has 3 N–H and O–H groups in total. The van der Waals surface area contributed by atoms with E-state index in [1.807, 2.05) is 12.3 Å². The Morgan fingerprint density at radius 3 is 2.74 bits per heavy atom. The van der Waals surface area contributed by atoms with Crippen LogP contribution in [0.3, 0.4) is 0 Å². The van der Waals surface area contributed by atoms with Crippen LogP contribution < -0.4 is 16.0 Å². The van der Waals surface area contributed by atoms with Gasteiger partial charge in [-0.25, -0.2) is 9.98 Å². The summed E-state index contributed by atoms with van der Waals surface area (Å²) in [6, 6.07) is 4.09. The summed E-state index contributed by atoms with van der Waals surface area (Å²) < 4.78 is 0. The fourth-order valence-electron chi connectivity index (χ4n) is 4.07. The number of nitrogens with zero attached hydrogens (tertiary/aromatic N) is 4. The molecule has 2 fully saturated rings. The Bertz CT molecular complexity index is 738. The lowest BCUT2D eigenvalue weighted by Crippen LogP contribution is -2.49. The summed E-state index contributed by atoms with van der Waals surface area (Å²) in [5.74, 6) is 3.57. The third kappa shape index (κ3) is 7.13. The van der Waals surface area contributed by atoms with Gasteiger partial charge in [0.15, 0.2) is 5.96 Å². The van der Waals surface area contributed by atoms with Crippen molar-refractivity contribution < 1.29 is 4.79 Å². The number of anilines is 1. The summed E-state index contributed by atoms with van der Waals surface area (Å²) in [5.41, 5.74) is 6.61. The monoisotopic (exact) mass is 560 g/mol. The van der Waals surface area contributed by atoms with Gasteiger partial charge in [-0.1, -0.05) is 19.9 Å². The van der Waals surface area contributed by atoms with Crippen LogP contribution in [0.4, 0.5) is 5.82 Å². The summed E-state index contributed by atoms with van der Waals surface area (Å²) in [6.45, 7) is 11.8. The van der Waals surface area contributed by atoms with E-state index in [1.165, 1.54) is 0 Å². The summed E-state index contributed by atoms with van der Waals surface area (Å²) in [7, 11) is 0. The fraction of sp³-hybridized carbons (Fsp3) is 0.682. The van der Waals surface area contributed by atoms with E-state index in [4.69, 9.17) is 10.7 Å². The first kappa shape index (κ1) is 26.0.